The lowest BCUT2D eigenvalue weighted by atomic mass is 10.1. The highest BCUT2D eigenvalue weighted by molar-refractivity contribution is 5.95. The summed E-state index contributed by atoms with van der Waals surface area (Å²) in [6.07, 6.45) is 1.17. The van der Waals surface area contributed by atoms with Crippen molar-refractivity contribution < 1.29 is 23.8 Å². The van der Waals surface area contributed by atoms with Gasteiger partial charge in [-0.05, 0) is 64.7 Å². The predicted molar refractivity (Wildman–Crippen MR) is 116 cm³/mol. The van der Waals surface area contributed by atoms with E-state index in [1.165, 1.54) is 0 Å². The molecule has 1 N–H and O–H groups in total. The molecule has 1 aromatic carbocycles. The summed E-state index contributed by atoms with van der Waals surface area (Å²) in [5.41, 5.74) is -0.0235. The first kappa shape index (κ1) is 23.8. The number of ether oxygens (including phenoxy) is 3. The molecule has 1 aliphatic rings. The molecule has 1 heterocycles. The van der Waals surface area contributed by atoms with Gasteiger partial charge >= 0.3 is 6.09 Å². The molecule has 2 amide bonds. The molecule has 0 saturated carbocycles. The highest BCUT2D eigenvalue weighted by Gasteiger charge is 2.36. The minimum atomic E-state index is -0.559. The Morgan fingerprint density at radius 2 is 1.93 bits per heavy atom. The number of methoxy groups -OCH3 is 1. The summed E-state index contributed by atoms with van der Waals surface area (Å²) < 4.78 is 16.6. The van der Waals surface area contributed by atoms with E-state index in [2.05, 4.69) is 19.2 Å². The van der Waals surface area contributed by atoms with Crippen LogP contribution >= 0.6 is 0 Å². The number of amides is 2. The number of nitrogens with one attached hydrogen (secondary N) is 1. The van der Waals surface area contributed by atoms with Crippen molar-refractivity contribution in [3.8, 4) is 11.5 Å². The van der Waals surface area contributed by atoms with Gasteiger partial charge in [0.2, 0.25) is 0 Å². The van der Waals surface area contributed by atoms with Gasteiger partial charge in [-0.15, -0.1) is 0 Å². The summed E-state index contributed by atoms with van der Waals surface area (Å²) in [6.45, 7) is 12.9. The average Bonchev–Trinajstić information content (AvgIpc) is 2.99. The summed E-state index contributed by atoms with van der Waals surface area (Å²) in [4.78, 5) is 26.9. The van der Waals surface area contributed by atoms with Crippen LogP contribution in [-0.2, 0) is 4.74 Å². The third-order valence-electron chi connectivity index (χ3n) is 5.08. The van der Waals surface area contributed by atoms with E-state index in [0.717, 1.165) is 6.42 Å². The number of benzene rings is 1. The third kappa shape index (κ3) is 6.54. The number of hydrogen-bond donors (Lipinski definition) is 1. The van der Waals surface area contributed by atoms with E-state index in [0.29, 0.717) is 42.6 Å². The minimum Gasteiger partial charge on any atom is -0.493 e. The molecular formula is C23H36N2O5. The van der Waals surface area contributed by atoms with Gasteiger partial charge in [0, 0.05) is 18.2 Å². The van der Waals surface area contributed by atoms with Crippen LogP contribution in [0.5, 0.6) is 11.5 Å². The molecule has 1 saturated heterocycles. The Morgan fingerprint density at radius 3 is 2.53 bits per heavy atom. The SMILES string of the molecule is COc1cc(C(=O)N2CCC(NC(=O)OC(C)(C)C)C2C)ccc1OCCC(C)C. The van der Waals surface area contributed by atoms with Gasteiger partial charge in [0.15, 0.2) is 11.5 Å². The molecule has 0 spiro atoms. The van der Waals surface area contributed by atoms with Gasteiger partial charge in [0.25, 0.3) is 5.91 Å². The summed E-state index contributed by atoms with van der Waals surface area (Å²) in [7, 11) is 1.57. The van der Waals surface area contributed by atoms with Gasteiger partial charge in [-0.3, -0.25) is 4.79 Å². The number of likely N-dealkylation sites (tertiary alicyclic amines) is 1. The monoisotopic (exact) mass is 420 g/mol. The van der Waals surface area contributed by atoms with Crippen LogP contribution in [0.4, 0.5) is 4.79 Å². The lowest BCUT2D eigenvalue weighted by Gasteiger charge is -2.27. The van der Waals surface area contributed by atoms with Crippen LogP contribution < -0.4 is 14.8 Å². The summed E-state index contributed by atoms with van der Waals surface area (Å²) >= 11 is 0. The number of carbonyl (C=O) groups is 2. The second-order valence-corrected chi connectivity index (χ2v) is 9.18. The largest absolute Gasteiger partial charge is 0.493 e. The Labute approximate surface area is 180 Å². The van der Waals surface area contributed by atoms with Crippen LogP contribution in [0.2, 0.25) is 0 Å². The second kappa shape index (κ2) is 10.0. The molecule has 7 nitrogen and oxygen atoms in total. The number of hydrogen-bond acceptors (Lipinski definition) is 5. The lowest BCUT2D eigenvalue weighted by Crippen LogP contribution is -2.46. The first-order valence-corrected chi connectivity index (χ1v) is 10.6. The fourth-order valence-corrected chi connectivity index (χ4v) is 3.37. The number of rotatable bonds is 7. The fraction of sp³-hybridized carbons (Fsp3) is 0.652. The zero-order valence-electron chi connectivity index (χ0n) is 19.3. The van der Waals surface area contributed by atoms with Gasteiger partial charge in [0.1, 0.15) is 5.60 Å². The highest BCUT2D eigenvalue weighted by atomic mass is 16.6. The van der Waals surface area contributed by atoms with Crippen LogP contribution in [0, 0.1) is 5.92 Å². The van der Waals surface area contributed by atoms with E-state index >= 15 is 0 Å². The van der Waals surface area contributed by atoms with E-state index in [4.69, 9.17) is 14.2 Å². The highest BCUT2D eigenvalue weighted by Crippen LogP contribution is 2.30. The molecule has 2 unspecified atom stereocenters. The Bertz CT molecular complexity index is 742. The molecule has 7 heteroatoms. The molecule has 0 aliphatic carbocycles. The Kier molecular flexibility index (Phi) is 7.98. The molecule has 0 aromatic heterocycles. The summed E-state index contributed by atoms with van der Waals surface area (Å²) in [5, 5.41) is 2.89. The average molecular weight is 421 g/mol. The van der Waals surface area contributed by atoms with E-state index < -0.39 is 11.7 Å². The Balaban J connectivity index is 2.03. The summed E-state index contributed by atoms with van der Waals surface area (Å²) in [6, 6.07) is 4.97. The maximum Gasteiger partial charge on any atom is 0.407 e. The van der Waals surface area contributed by atoms with Crippen LogP contribution in [0.3, 0.4) is 0 Å². The zero-order chi connectivity index (χ0) is 22.5. The van der Waals surface area contributed by atoms with Gasteiger partial charge in [0.05, 0.1) is 19.8 Å². The van der Waals surface area contributed by atoms with E-state index in [1.807, 2.05) is 27.7 Å². The molecule has 168 valence electrons. The molecule has 1 aliphatic heterocycles. The maximum absolute atomic E-state index is 13.1. The van der Waals surface area contributed by atoms with E-state index in [1.54, 1.807) is 30.2 Å². The minimum absolute atomic E-state index is 0.0944. The van der Waals surface area contributed by atoms with Crippen molar-refractivity contribution in [3.05, 3.63) is 23.8 Å². The van der Waals surface area contributed by atoms with Gasteiger partial charge in [-0.2, -0.15) is 0 Å². The second-order valence-electron chi connectivity index (χ2n) is 9.18. The predicted octanol–water partition coefficient (Wildman–Crippen LogP) is 4.25. The van der Waals surface area contributed by atoms with Crippen LogP contribution in [-0.4, -0.2) is 54.8 Å². The molecule has 2 rings (SSSR count). The molecule has 1 aromatic rings. The van der Waals surface area contributed by atoms with Crippen molar-refractivity contribution in [2.75, 3.05) is 20.3 Å². The van der Waals surface area contributed by atoms with Crippen molar-refractivity contribution in [1.29, 1.82) is 0 Å². The van der Waals surface area contributed by atoms with Gasteiger partial charge < -0.3 is 24.4 Å². The van der Waals surface area contributed by atoms with Crippen LogP contribution in [0.25, 0.3) is 0 Å². The summed E-state index contributed by atoms with van der Waals surface area (Å²) in [5.74, 6) is 1.63. The zero-order valence-corrected chi connectivity index (χ0v) is 19.3. The first-order chi connectivity index (χ1) is 14.0. The molecular weight excluding hydrogens is 384 g/mol. The molecule has 0 bridgehead atoms. The quantitative estimate of drug-likeness (QED) is 0.714. The van der Waals surface area contributed by atoms with Crippen molar-refractivity contribution in [3.63, 3.8) is 0 Å². The standard InChI is InChI=1S/C23H36N2O5/c1-15(2)11-13-29-19-9-8-17(14-20(19)28-7)21(26)25-12-10-18(16(25)3)24-22(27)30-23(4,5)6/h8-9,14-16,18H,10-13H2,1-7H3,(H,24,27). The smallest absolute Gasteiger partial charge is 0.407 e. The number of alkyl carbamates (subject to hydrolysis) is 1. The molecule has 0 radical (unpaired) electrons. The van der Waals surface area contributed by atoms with Crippen LogP contribution in [0.15, 0.2) is 18.2 Å². The van der Waals surface area contributed by atoms with E-state index in [9.17, 15) is 9.59 Å². The van der Waals surface area contributed by atoms with Crippen molar-refractivity contribution in [1.82, 2.24) is 10.2 Å². The molecule has 30 heavy (non-hydrogen) atoms. The first-order valence-electron chi connectivity index (χ1n) is 10.6. The maximum atomic E-state index is 13.1. The fourth-order valence-electron chi connectivity index (χ4n) is 3.37. The van der Waals surface area contributed by atoms with Crippen molar-refractivity contribution >= 4 is 12.0 Å². The van der Waals surface area contributed by atoms with Crippen molar-refractivity contribution in [2.45, 2.75) is 72.1 Å². The van der Waals surface area contributed by atoms with E-state index in [-0.39, 0.29) is 18.0 Å². The lowest BCUT2D eigenvalue weighted by molar-refractivity contribution is 0.0485. The topological polar surface area (TPSA) is 77.1 Å². The molecule has 2 atom stereocenters. The number of nitrogens with zero attached hydrogens (tertiary/aromatic N) is 1. The van der Waals surface area contributed by atoms with Gasteiger partial charge in [-0.25, -0.2) is 4.79 Å². The van der Waals surface area contributed by atoms with Gasteiger partial charge in [-0.1, -0.05) is 13.8 Å². The Hall–Kier alpha value is -2.44. The normalized spacial score (nSPS) is 19.0. The van der Waals surface area contributed by atoms with Crippen LogP contribution in [0.1, 0.15) is 64.7 Å². The third-order valence-corrected chi connectivity index (χ3v) is 5.08. The molecule has 1 fully saturated rings. The van der Waals surface area contributed by atoms with Crippen molar-refractivity contribution in [2.24, 2.45) is 5.92 Å². The number of carbonyl (C=O) groups excluding carboxylic acids is 2. The Morgan fingerprint density at radius 1 is 1.23 bits per heavy atom.